The molecule has 0 heterocycles. The number of rotatable bonds is 7. The Balaban J connectivity index is 1.76. The van der Waals surface area contributed by atoms with E-state index in [4.69, 9.17) is 37.5 Å². The number of ether oxygens (including phenoxy) is 2. The van der Waals surface area contributed by atoms with Crippen molar-refractivity contribution in [3.63, 3.8) is 0 Å². The Morgan fingerprint density at radius 1 is 1.08 bits per heavy atom. The number of halogens is 2. The Morgan fingerprint density at radius 2 is 1.71 bits per heavy atom. The normalized spacial score (nSPS) is 10.6. The van der Waals surface area contributed by atoms with Gasteiger partial charge in [0.1, 0.15) is 18.1 Å². The van der Waals surface area contributed by atoms with Gasteiger partial charge in [-0.1, -0.05) is 34.4 Å². The molecule has 0 N–H and O–H groups in total. The van der Waals surface area contributed by atoms with E-state index < -0.39 is 5.97 Å². The molecule has 24 heavy (non-hydrogen) atoms. The predicted octanol–water partition coefficient (Wildman–Crippen LogP) is 4.50. The first-order valence-electron chi connectivity index (χ1n) is 7.01. The fourth-order valence-corrected chi connectivity index (χ4v) is 2.26. The largest absolute Gasteiger partial charge is 0.497 e. The lowest BCUT2D eigenvalue weighted by molar-refractivity contribution is -0.132. The van der Waals surface area contributed by atoms with Crippen LogP contribution in [0.3, 0.4) is 0 Å². The SMILES string of the molecule is COc1ccc(OC(=O)C/C=N/OCc2c(Cl)cccc2Cl)cc1. The fraction of sp³-hybridized carbons (Fsp3) is 0.176. The molecule has 0 saturated heterocycles. The van der Waals surface area contributed by atoms with Gasteiger partial charge in [0.25, 0.3) is 0 Å². The van der Waals surface area contributed by atoms with E-state index in [2.05, 4.69) is 5.16 Å². The Hall–Kier alpha value is -2.24. The van der Waals surface area contributed by atoms with Crippen LogP contribution in [0.25, 0.3) is 0 Å². The smallest absolute Gasteiger partial charge is 0.316 e. The van der Waals surface area contributed by atoms with Gasteiger partial charge in [0, 0.05) is 15.6 Å². The highest BCUT2D eigenvalue weighted by Crippen LogP contribution is 2.24. The minimum absolute atomic E-state index is 0.0255. The molecule has 0 unspecified atom stereocenters. The number of hydrogen-bond acceptors (Lipinski definition) is 5. The maximum Gasteiger partial charge on any atom is 0.316 e. The molecule has 0 bridgehead atoms. The monoisotopic (exact) mass is 367 g/mol. The molecule has 0 fully saturated rings. The molecule has 0 atom stereocenters. The summed E-state index contributed by atoms with van der Waals surface area (Å²) in [4.78, 5) is 16.8. The zero-order chi connectivity index (χ0) is 17.4. The minimum atomic E-state index is -0.455. The maximum absolute atomic E-state index is 11.7. The highest BCUT2D eigenvalue weighted by Gasteiger charge is 2.06. The summed E-state index contributed by atoms with van der Waals surface area (Å²) in [7, 11) is 1.56. The van der Waals surface area contributed by atoms with Crippen LogP contribution in [0.4, 0.5) is 0 Å². The van der Waals surface area contributed by atoms with Crippen molar-refractivity contribution >= 4 is 35.4 Å². The van der Waals surface area contributed by atoms with E-state index in [0.717, 1.165) is 0 Å². The fourth-order valence-electron chi connectivity index (χ4n) is 1.75. The first-order chi connectivity index (χ1) is 11.6. The Kier molecular flexibility index (Phi) is 6.90. The Bertz CT molecular complexity index is 697. The third-order valence-electron chi connectivity index (χ3n) is 2.97. The van der Waals surface area contributed by atoms with Gasteiger partial charge in [0.15, 0.2) is 0 Å². The van der Waals surface area contributed by atoms with Crippen molar-refractivity contribution in [2.75, 3.05) is 7.11 Å². The molecule has 0 saturated carbocycles. The van der Waals surface area contributed by atoms with Gasteiger partial charge in [-0.2, -0.15) is 0 Å². The lowest BCUT2D eigenvalue weighted by Crippen LogP contribution is -2.08. The third kappa shape index (κ3) is 5.44. The van der Waals surface area contributed by atoms with E-state index >= 15 is 0 Å². The number of esters is 1. The van der Waals surface area contributed by atoms with Gasteiger partial charge in [-0.25, -0.2) is 0 Å². The maximum atomic E-state index is 11.7. The molecule has 0 radical (unpaired) electrons. The summed E-state index contributed by atoms with van der Waals surface area (Å²) >= 11 is 12.0. The van der Waals surface area contributed by atoms with E-state index in [1.165, 1.54) is 6.21 Å². The van der Waals surface area contributed by atoms with Crippen LogP contribution in [0.2, 0.25) is 10.0 Å². The molecule has 0 aliphatic rings. The van der Waals surface area contributed by atoms with Gasteiger partial charge in [-0.15, -0.1) is 0 Å². The average molecular weight is 368 g/mol. The summed E-state index contributed by atoms with van der Waals surface area (Å²) in [6, 6.07) is 11.9. The van der Waals surface area contributed by atoms with Gasteiger partial charge >= 0.3 is 5.97 Å². The summed E-state index contributed by atoms with van der Waals surface area (Å²) in [6.45, 7) is 0.114. The molecule has 2 rings (SSSR count). The number of carbonyl (C=O) groups is 1. The van der Waals surface area contributed by atoms with Crippen LogP contribution in [0.1, 0.15) is 12.0 Å². The molecule has 2 aromatic rings. The molecule has 7 heteroatoms. The molecule has 0 aromatic heterocycles. The number of hydrogen-bond donors (Lipinski definition) is 0. The zero-order valence-corrected chi connectivity index (χ0v) is 14.4. The molecule has 2 aromatic carbocycles. The molecular weight excluding hydrogens is 353 g/mol. The highest BCUT2D eigenvalue weighted by molar-refractivity contribution is 6.35. The van der Waals surface area contributed by atoms with Gasteiger partial charge in [0.05, 0.1) is 19.7 Å². The number of benzene rings is 2. The third-order valence-corrected chi connectivity index (χ3v) is 3.68. The zero-order valence-electron chi connectivity index (χ0n) is 12.9. The van der Waals surface area contributed by atoms with E-state index in [1.807, 2.05) is 0 Å². The van der Waals surface area contributed by atoms with Crippen molar-refractivity contribution in [1.82, 2.24) is 0 Å². The van der Waals surface area contributed by atoms with Crippen LogP contribution < -0.4 is 9.47 Å². The van der Waals surface area contributed by atoms with Crippen molar-refractivity contribution in [3.05, 3.63) is 58.1 Å². The van der Waals surface area contributed by atoms with Crippen LogP contribution in [-0.4, -0.2) is 19.3 Å². The van der Waals surface area contributed by atoms with Crippen LogP contribution in [-0.2, 0) is 16.2 Å². The summed E-state index contributed by atoms with van der Waals surface area (Å²) in [5, 5.41) is 4.69. The highest BCUT2D eigenvalue weighted by atomic mass is 35.5. The van der Waals surface area contributed by atoms with Gasteiger partial charge in [0.2, 0.25) is 0 Å². The lowest BCUT2D eigenvalue weighted by atomic mass is 10.2. The first kappa shape index (κ1) is 18.1. The lowest BCUT2D eigenvalue weighted by Gasteiger charge is -2.05. The summed E-state index contributed by atoms with van der Waals surface area (Å²) < 4.78 is 10.2. The summed E-state index contributed by atoms with van der Waals surface area (Å²) in [5.41, 5.74) is 0.638. The van der Waals surface area contributed by atoms with Crippen molar-refractivity contribution in [2.45, 2.75) is 13.0 Å². The molecule has 0 amide bonds. The number of methoxy groups -OCH3 is 1. The number of oxime groups is 1. The number of carbonyl (C=O) groups excluding carboxylic acids is 1. The van der Waals surface area contributed by atoms with Crippen LogP contribution in [0.15, 0.2) is 47.6 Å². The summed E-state index contributed by atoms with van der Waals surface area (Å²) in [6.07, 6.45) is 1.29. The molecule has 0 aliphatic heterocycles. The van der Waals surface area contributed by atoms with Crippen molar-refractivity contribution in [2.24, 2.45) is 5.16 Å². The van der Waals surface area contributed by atoms with Gasteiger partial charge in [-0.05, 0) is 36.4 Å². The molecule has 0 spiro atoms. The topological polar surface area (TPSA) is 57.1 Å². The van der Waals surface area contributed by atoms with Crippen molar-refractivity contribution in [3.8, 4) is 11.5 Å². The number of nitrogens with zero attached hydrogens (tertiary/aromatic N) is 1. The standard InChI is InChI=1S/C17H15Cl2NO4/c1-22-12-5-7-13(8-6-12)24-17(21)9-10-20-23-11-14-15(18)3-2-4-16(14)19/h2-8,10H,9,11H2,1H3/b20-10+. The Morgan fingerprint density at radius 3 is 2.33 bits per heavy atom. The molecule has 5 nitrogen and oxygen atoms in total. The quantitative estimate of drug-likeness (QED) is 0.313. The predicted molar refractivity (Wildman–Crippen MR) is 93.0 cm³/mol. The second-order valence-electron chi connectivity index (χ2n) is 4.62. The Labute approximate surface area is 149 Å². The molecule has 126 valence electrons. The molecule has 0 aliphatic carbocycles. The average Bonchev–Trinajstić information content (AvgIpc) is 2.57. The van der Waals surface area contributed by atoms with Crippen molar-refractivity contribution < 1.29 is 19.1 Å². The van der Waals surface area contributed by atoms with E-state index in [9.17, 15) is 4.79 Å². The van der Waals surface area contributed by atoms with Gasteiger partial charge < -0.3 is 14.3 Å². The van der Waals surface area contributed by atoms with Gasteiger partial charge in [-0.3, -0.25) is 4.79 Å². The van der Waals surface area contributed by atoms with E-state index in [-0.39, 0.29) is 13.0 Å². The van der Waals surface area contributed by atoms with Crippen molar-refractivity contribution in [1.29, 1.82) is 0 Å². The van der Waals surface area contributed by atoms with Crippen LogP contribution in [0, 0.1) is 0 Å². The first-order valence-corrected chi connectivity index (χ1v) is 7.77. The minimum Gasteiger partial charge on any atom is -0.497 e. The van der Waals surface area contributed by atoms with Crippen LogP contribution >= 0.6 is 23.2 Å². The van der Waals surface area contributed by atoms with E-state index in [0.29, 0.717) is 27.1 Å². The molecular formula is C17H15Cl2NO4. The van der Waals surface area contributed by atoms with Crippen LogP contribution in [0.5, 0.6) is 11.5 Å². The second kappa shape index (κ2) is 9.15. The summed E-state index contributed by atoms with van der Waals surface area (Å²) in [5.74, 6) is 0.657. The van der Waals surface area contributed by atoms with E-state index in [1.54, 1.807) is 49.6 Å². The second-order valence-corrected chi connectivity index (χ2v) is 5.43.